The van der Waals surface area contributed by atoms with Crippen LogP contribution in [0.1, 0.15) is 98.8 Å². The quantitative estimate of drug-likeness (QED) is 0.132. The summed E-state index contributed by atoms with van der Waals surface area (Å²) in [4.78, 5) is 0. The topological polar surface area (TPSA) is 219 Å². The third-order valence-electron chi connectivity index (χ3n) is 16.9. The second-order valence-corrected chi connectivity index (χ2v) is 19.2. The maximum Gasteiger partial charge on any atom is 0.187 e. The molecule has 5 saturated carbocycles. The fourth-order valence-electron chi connectivity index (χ4n) is 13.7. The van der Waals surface area contributed by atoms with Gasteiger partial charge in [-0.05, 0) is 124 Å². The van der Waals surface area contributed by atoms with Gasteiger partial charge in [0.2, 0.25) is 0 Å². The summed E-state index contributed by atoms with van der Waals surface area (Å²) in [6, 6.07) is 0. The molecule has 9 N–H and O–H groups in total. The molecule has 53 heavy (non-hydrogen) atoms. The van der Waals surface area contributed by atoms with Gasteiger partial charge in [-0.15, -0.1) is 0 Å². The van der Waals surface area contributed by atoms with Crippen molar-refractivity contribution < 1.29 is 64.9 Å². The van der Waals surface area contributed by atoms with Crippen LogP contribution < -0.4 is 0 Å². The van der Waals surface area contributed by atoms with E-state index in [0.717, 1.165) is 56.9 Å². The molecule has 7 fully saturated rings. The summed E-state index contributed by atoms with van der Waals surface area (Å²) in [5.74, 6) is 0.942. The van der Waals surface area contributed by atoms with Crippen LogP contribution in [-0.2, 0) is 18.9 Å². The Hall–Kier alpha value is -0.780. The Bertz CT molecular complexity index is 1360. The van der Waals surface area contributed by atoms with E-state index in [9.17, 15) is 46.0 Å². The van der Waals surface area contributed by atoms with Gasteiger partial charge in [-0.25, -0.2) is 0 Å². The molecule has 0 spiro atoms. The molecule has 7 rings (SSSR count). The zero-order chi connectivity index (χ0) is 38.6. The molecule has 2 saturated heterocycles. The molecule has 0 aromatic carbocycles. The van der Waals surface area contributed by atoms with Gasteiger partial charge in [0.1, 0.15) is 48.8 Å². The van der Waals surface area contributed by atoms with Gasteiger partial charge in [0.15, 0.2) is 12.6 Å². The van der Waals surface area contributed by atoms with E-state index in [0.29, 0.717) is 18.8 Å². The van der Waals surface area contributed by atoms with Gasteiger partial charge in [0, 0.05) is 0 Å². The van der Waals surface area contributed by atoms with E-state index >= 15 is 0 Å². The van der Waals surface area contributed by atoms with E-state index in [4.69, 9.17) is 18.9 Å². The van der Waals surface area contributed by atoms with E-state index < -0.39 is 91.9 Å². The molecular formula is C40H66O13. The van der Waals surface area contributed by atoms with E-state index in [2.05, 4.69) is 34.3 Å². The highest BCUT2D eigenvalue weighted by molar-refractivity contribution is 5.23. The summed E-state index contributed by atoms with van der Waals surface area (Å²) in [5, 5.41) is 96.2. The SMILES string of the molecule is C=C(C)C1CC[C@]2(O[C@@H]3O[C@H](CO[C@@H]4O[C@H](CO)[C@@H](O)[C@H](O)[C@H]4O)[C@@H](O)[C@H](O)[C@H]3O)CCC3(C)C(CCC4[C@@]5(C)CC[C@H](O)[C@@](C)(O)C5CC[C@]43C)C12. The number of aliphatic hydroxyl groups excluding tert-OH is 8. The first-order chi connectivity index (χ1) is 24.8. The third-order valence-corrected chi connectivity index (χ3v) is 16.9. The Morgan fingerprint density at radius 1 is 0.679 bits per heavy atom. The summed E-state index contributed by atoms with van der Waals surface area (Å²) < 4.78 is 24.3. The van der Waals surface area contributed by atoms with Crippen LogP contribution in [0.3, 0.4) is 0 Å². The Balaban J connectivity index is 1.13. The van der Waals surface area contributed by atoms with Gasteiger partial charge in [-0.3, -0.25) is 0 Å². The van der Waals surface area contributed by atoms with Crippen LogP contribution in [0.2, 0.25) is 0 Å². The van der Waals surface area contributed by atoms with Crippen molar-refractivity contribution in [2.75, 3.05) is 13.2 Å². The number of rotatable bonds is 7. The molecule has 0 radical (unpaired) electrons. The first-order valence-corrected chi connectivity index (χ1v) is 20.1. The summed E-state index contributed by atoms with van der Waals surface area (Å²) in [7, 11) is 0. The highest BCUT2D eigenvalue weighted by Gasteiger charge is 2.72. The minimum absolute atomic E-state index is 0.0120. The molecule has 0 aromatic rings. The number of fused-ring (bicyclic) bond motifs is 7. The second kappa shape index (κ2) is 14.0. The number of hydrogen-bond acceptors (Lipinski definition) is 13. The van der Waals surface area contributed by atoms with Crippen molar-refractivity contribution in [1.29, 1.82) is 0 Å². The molecule has 6 unspecified atom stereocenters. The van der Waals surface area contributed by atoms with Crippen LogP contribution >= 0.6 is 0 Å². The van der Waals surface area contributed by atoms with Crippen LogP contribution in [0.5, 0.6) is 0 Å². The predicted molar refractivity (Wildman–Crippen MR) is 190 cm³/mol. The molecule has 13 nitrogen and oxygen atoms in total. The lowest BCUT2D eigenvalue weighted by Crippen LogP contribution is -2.69. The number of hydrogen-bond donors (Lipinski definition) is 9. The third kappa shape index (κ3) is 5.97. The van der Waals surface area contributed by atoms with Crippen LogP contribution in [0.25, 0.3) is 0 Å². The van der Waals surface area contributed by atoms with Crippen LogP contribution in [-0.4, -0.2) is 138 Å². The zero-order valence-corrected chi connectivity index (χ0v) is 32.1. The predicted octanol–water partition coefficient (Wildman–Crippen LogP) is 1.12. The van der Waals surface area contributed by atoms with E-state index in [1.807, 2.05) is 6.92 Å². The fourth-order valence-corrected chi connectivity index (χ4v) is 13.7. The van der Waals surface area contributed by atoms with Crippen molar-refractivity contribution in [2.45, 2.75) is 178 Å². The summed E-state index contributed by atoms with van der Waals surface area (Å²) in [6.45, 7) is 14.6. The van der Waals surface area contributed by atoms with Gasteiger partial charge in [0.05, 0.1) is 30.5 Å². The van der Waals surface area contributed by atoms with E-state index in [1.165, 1.54) is 0 Å². The van der Waals surface area contributed by atoms with Gasteiger partial charge < -0.3 is 64.9 Å². The molecule has 304 valence electrons. The summed E-state index contributed by atoms with van der Waals surface area (Å²) in [6.07, 6.45) is -6.98. The Morgan fingerprint density at radius 3 is 1.98 bits per heavy atom. The smallest absolute Gasteiger partial charge is 0.187 e. The molecule has 5 aliphatic carbocycles. The molecule has 2 heterocycles. The van der Waals surface area contributed by atoms with Crippen molar-refractivity contribution in [3.63, 3.8) is 0 Å². The Morgan fingerprint density at radius 2 is 1.32 bits per heavy atom. The van der Waals surface area contributed by atoms with Gasteiger partial charge >= 0.3 is 0 Å². The van der Waals surface area contributed by atoms with Crippen molar-refractivity contribution in [3.8, 4) is 0 Å². The Labute approximate surface area is 313 Å². The lowest BCUT2D eigenvalue weighted by Gasteiger charge is -2.72. The first-order valence-electron chi connectivity index (χ1n) is 20.1. The second-order valence-electron chi connectivity index (χ2n) is 19.2. The Kier molecular flexibility index (Phi) is 10.6. The van der Waals surface area contributed by atoms with Crippen molar-refractivity contribution >= 4 is 0 Å². The maximum atomic E-state index is 11.6. The van der Waals surface area contributed by atoms with Gasteiger partial charge in [-0.2, -0.15) is 0 Å². The number of allylic oxidation sites excluding steroid dienone is 1. The van der Waals surface area contributed by atoms with E-state index in [1.54, 1.807) is 0 Å². The standard InChI is InChI=1S/C40H66O13/c1-19(2)20-9-14-40(53-35-33(48)31(46)29(44)23(52-35)18-50-34-32(47)30(45)28(43)22(17-41)51-34)16-15-37(4)21(27(20)40)7-8-24-36(3)12-11-26(42)39(6,49)25(36)10-13-38(24,37)5/h20-35,41-49H,1,7-18H2,2-6H3/t20?,21?,22-,23-,24?,25?,26+,27?,28-,29-,30+,31+,32-,33-,34-,35+,36-,37?,38-,39+,40+/m1/s1. The average Bonchev–Trinajstić information content (AvgIpc) is 3.49. The van der Waals surface area contributed by atoms with E-state index in [-0.39, 0.29) is 39.9 Å². The lowest BCUT2D eigenvalue weighted by molar-refractivity contribution is -0.356. The van der Waals surface area contributed by atoms with Crippen LogP contribution in [0.4, 0.5) is 0 Å². The largest absolute Gasteiger partial charge is 0.394 e. The average molecular weight is 755 g/mol. The monoisotopic (exact) mass is 754 g/mol. The molecule has 7 aliphatic rings. The molecule has 0 aromatic heterocycles. The maximum absolute atomic E-state index is 11.6. The molecule has 2 aliphatic heterocycles. The zero-order valence-electron chi connectivity index (χ0n) is 32.1. The van der Waals surface area contributed by atoms with Crippen LogP contribution in [0.15, 0.2) is 12.2 Å². The molecule has 13 heteroatoms. The number of aliphatic hydroxyl groups is 9. The van der Waals surface area contributed by atoms with Crippen LogP contribution in [0, 0.1) is 45.8 Å². The van der Waals surface area contributed by atoms with Gasteiger partial charge in [-0.1, -0.05) is 32.9 Å². The van der Waals surface area contributed by atoms with Gasteiger partial charge in [0.25, 0.3) is 0 Å². The highest BCUT2D eigenvalue weighted by atomic mass is 16.7. The minimum Gasteiger partial charge on any atom is -0.394 e. The summed E-state index contributed by atoms with van der Waals surface area (Å²) >= 11 is 0. The lowest BCUT2D eigenvalue weighted by atomic mass is 9.33. The molecule has 21 atom stereocenters. The first kappa shape index (κ1) is 40.4. The number of ether oxygens (including phenoxy) is 4. The minimum atomic E-state index is -1.66. The normalized spacial score (nSPS) is 58.2. The molecule has 0 amide bonds. The highest BCUT2D eigenvalue weighted by Crippen LogP contribution is 2.76. The van der Waals surface area contributed by atoms with Crippen molar-refractivity contribution in [2.24, 2.45) is 45.8 Å². The van der Waals surface area contributed by atoms with Crippen molar-refractivity contribution in [1.82, 2.24) is 0 Å². The van der Waals surface area contributed by atoms with Crippen molar-refractivity contribution in [3.05, 3.63) is 12.2 Å². The fraction of sp³-hybridized carbons (Fsp3) is 0.950. The molecular weight excluding hydrogens is 688 g/mol. The molecule has 0 bridgehead atoms. The summed E-state index contributed by atoms with van der Waals surface area (Å²) in [5.41, 5.74) is -0.868.